The Balaban J connectivity index is 2.07. The van der Waals surface area contributed by atoms with Crippen molar-refractivity contribution in [2.24, 2.45) is 0 Å². The zero-order valence-corrected chi connectivity index (χ0v) is 8.51. The molecule has 2 aliphatic rings. The largest absolute Gasteiger partial charge is 0.454 e. The fourth-order valence-electron chi connectivity index (χ4n) is 1.62. The molecular weight excluding hydrogens is 200 g/mol. The topological polar surface area (TPSA) is 65.1 Å². The van der Waals surface area contributed by atoms with Crippen molar-refractivity contribution in [3.8, 4) is 0 Å². The van der Waals surface area contributed by atoms with Gasteiger partial charge in [-0.3, -0.25) is 4.79 Å². The summed E-state index contributed by atoms with van der Waals surface area (Å²) in [6.07, 6.45) is 1.64. The van der Waals surface area contributed by atoms with Crippen molar-refractivity contribution >= 4 is 11.9 Å². The van der Waals surface area contributed by atoms with Crippen LogP contribution in [0.2, 0.25) is 0 Å². The first-order chi connectivity index (χ1) is 7.08. The van der Waals surface area contributed by atoms with Crippen LogP contribution in [-0.4, -0.2) is 36.4 Å². The number of carbonyl (C=O) groups is 2. The van der Waals surface area contributed by atoms with Crippen LogP contribution in [0.3, 0.4) is 0 Å². The molecule has 0 spiro atoms. The van der Waals surface area contributed by atoms with Gasteiger partial charge in [0.2, 0.25) is 0 Å². The molecule has 15 heavy (non-hydrogen) atoms. The maximum atomic E-state index is 11.0. The van der Waals surface area contributed by atoms with Gasteiger partial charge >= 0.3 is 11.9 Å². The molecule has 82 valence electrons. The molecule has 0 radical (unpaired) electrons. The summed E-state index contributed by atoms with van der Waals surface area (Å²) in [6, 6.07) is 0. The molecule has 1 fully saturated rings. The average molecular weight is 212 g/mol. The van der Waals surface area contributed by atoms with E-state index in [2.05, 4.69) is 0 Å². The number of rotatable bonds is 2. The van der Waals surface area contributed by atoms with Gasteiger partial charge in [0.15, 0.2) is 12.2 Å². The maximum absolute atomic E-state index is 11.0. The standard InChI is InChI=1S/C10H12O5/c1-5-9(13-5)10-7(14-6(2)11)3-4-8(12)15-10/h3-5,7,9-10H,1-2H3/t5-,7+,9+,10-/m1/s1. The van der Waals surface area contributed by atoms with Crippen LogP contribution >= 0.6 is 0 Å². The van der Waals surface area contributed by atoms with Crippen molar-refractivity contribution < 1.29 is 23.8 Å². The van der Waals surface area contributed by atoms with E-state index in [9.17, 15) is 9.59 Å². The van der Waals surface area contributed by atoms with E-state index in [1.807, 2.05) is 6.92 Å². The Hall–Kier alpha value is -1.36. The number of esters is 2. The van der Waals surface area contributed by atoms with Crippen LogP contribution in [0, 0.1) is 0 Å². The molecule has 0 aromatic carbocycles. The van der Waals surface area contributed by atoms with Crippen molar-refractivity contribution in [1.82, 2.24) is 0 Å². The molecule has 0 aliphatic carbocycles. The van der Waals surface area contributed by atoms with Crippen molar-refractivity contribution in [1.29, 1.82) is 0 Å². The minimum absolute atomic E-state index is 0.0485. The molecule has 0 N–H and O–H groups in total. The molecule has 2 aliphatic heterocycles. The van der Waals surface area contributed by atoms with Crippen LogP contribution in [-0.2, 0) is 23.8 Å². The van der Waals surface area contributed by atoms with Gasteiger partial charge in [-0.15, -0.1) is 0 Å². The first kappa shape index (κ1) is 10.2. The summed E-state index contributed by atoms with van der Waals surface area (Å²) in [5, 5.41) is 0. The Morgan fingerprint density at radius 1 is 1.47 bits per heavy atom. The fraction of sp³-hybridized carbons (Fsp3) is 0.600. The Bertz CT molecular complexity index is 322. The van der Waals surface area contributed by atoms with Gasteiger partial charge in [-0.1, -0.05) is 0 Å². The van der Waals surface area contributed by atoms with E-state index in [1.165, 1.54) is 19.1 Å². The van der Waals surface area contributed by atoms with Gasteiger partial charge < -0.3 is 14.2 Å². The minimum atomic E-state index is -0.532. The Kier molecular flexibility index (Phi) is 2.48. The highest BCUT2D eigenvalue weighted by atomic mass is 16.6. The number of ether oxygens (including phenoxy) is 3. The van der Waals surface area contributed by atoms with Gasteiger partial charge in [-0.2, -0.15) is 0 Å². The van der Waals surface area contributed by atoms with Crippen molar-refractivity contribution in [3.63, 3.8) is 0 Å². The summed E-state index contributed by atoms with van der Waals surface area (Å²) in [6.45, 7) is 3.19. The molecule has 0 aromatic heterocycles. The number of epoxide rings is 1. The zero-order valence-electron chi connectivity index (χ0n) is 8.51. The highest BCUT2D eigenvalue weighted by Crippen LogP contribution is 2.31. The Labute approximate surface area is 87.0 Å². The quantitative estimate of drug-likeness (QED) is 0.483. The third-order valence-electron chi connectivity index (χ3n) is 2.38. The van der Waals surface area contributed by atoms with Gasteiger partial charge in [-0.05, 0) is 13.0 Å². The van der Waals surface area contributed by atoms with E-state index in [-0.39, 0.29) is 12.2 Å². The lowest BCUT2D eigenvalue weighted by atomic mass is 10.1. The van der Waals surface area contributed by atoms with Crippen LogP contribution in [0.5, 0.6) is 0 Å². The molecule has 2 rings (SSSR count). The van der Waals surface area contributed by atoms with Crippen LogP contribution in [0.4, 0.5) is 0 Å². The molecule has 0 unspecified atom stereocenters. The number of carbonyl (C=O) groups excluding carboxylic acids is 2. The van der Waals surface area contributed by atoms with Crippen LogP contribution < -0.4 is 0 Å². The average Bonchev–Trinajstić information content (AvgIpc) is 2.85. The lowest BCUT2D eigenvalue weighted by Gasteiger charge is -2.25. The van der Waals surface area contributed by atoms with E-state index in [4.69, 9.17) is 14.2 Å². The van der Waals surface area contributed by atoms with Crippen LogP contribution in [0.25, 0.3) is 0 Å². The Morgan fingerprint density at radius 3 is 2.67 bits per heavy atom. The summed E-state index contributed by atoms with van der Waals surface area (Å²) in [4.78, 5) is 21.9. The third-order valence-corrected chi connectivity index (χ3v) is 2.38. The monoisotopic (exact) mass is 212 g/mol. The third kappa shape index (κ3) is 2.18. The number of cyclic esters (lactones) is 1. The first-order valence-electron chi connectivity index (χ1n) is 4.79. The highest BCUT2D eigenvalue weighted by molar-refractivity contribution is 5.83. The van der Waals surface area contributed by atoms with E-state index in [0.29, 0.717) is 0 Å². The summed E-state index contributed by atoms with van der Waals surface area (Å²) in [5.74, 6) is -0.827. The molecule has 0 amide bonds. The second kappa shape index (κ2) is 3.66. The minimum Gasteiger partial charge on any atom is -0.454 e. The predicted molar refractivity (Wildman–Crippen MR) is 48.9 cm³/mol. The molecule has 0 bridgehead atoms. The lowest BCUT2D eigenvalue weighted by Crippen LogP contribution is -2.40. The maximum Gasteiger partial charge on any atom is 0.331 e. The summed E-state index contributed by atoms with van der Waals surface area (Å²) < 4.78 is 15.3. The van der Waals surface area contributed by atoms with Crippen LogP contribution in [0.1, 0.15) is 13.8 Å². The number of hydrogen-bond acceptors (Lipinski definition) is 5. The van der Waals surface area contributed by atoms with Crippen molar-refractivity contribution in [2.45, 2.75) is 38.3 Å². The van der Waals surface area contributed by atoms with E-state index < -0.39 is 24.1 Å². The second-order valence-electron chi connectivity index (χ2n) is 3.64. The lowest BCUT2D eigenvalue weighted by molar-refractivity contribution is -0.163. The summed E-state index contributed by atoms with van der Waals surface area (Å²) in [7, 11) is 0. The Morgan fingerprint density at radius 2 is 2.13 bits per heavy atom. The SMILES string of the molecule is CC(=O)O[C@H]1C=CC(=O)O[C@H]1[C@H]1O[C@@H]1C. The highest BCUT2D eigenvalue weighted by Gasteiger charge is 2.49. The van der Waals surface area contributed by atoms with Gasteiger partial charge in [0.05, 0.1) is 6.10 Å². The van der Waals surface area contributed by atoms with Crippen molar-refractivity contribution in [3.05, 3.63) is 12.2 Å². The number of hydrogen-bond donors (Lipinski definition) is 0. The molecule has 1 saturated heterocycles. The second-order valence-corrected chi connectivity index (χ2v) is 3.64. The zero-order chi connectivity index (χ0) is 11.0. The molecule has 0 aromatic rings. The molecule has 4 atom stereocenters. The van der Waals surface area contributed by atoms with Crippen LogP contribution in [0.15, 0.2) is 12.2 Å². The first-order valence-corrected chi connectivity index (χ1v) is 4.79. The van der Waals surface area contributed by atoms with Gasteiger partial charge in [0, 0.05) is 13.0 Å². The van der Waals surface area contributed by atoms with Gasteiger partial charge in [0.1, 0.15) is 6.10 Å². The van der Waals surface area contributed by atoms with Gasteiger partial charge in [-0.25, -0.2) is 4.79 Å². The molecule has 2 heterocycles. The molecule has 5 nitrogen and oxygen atoms in total. The molecular formula is C10H12O5. The normalized spacial score (nSPS) is 38.4. The molecule has 5 heteroatoms. The van der Waals surface area contributed by atoms with E-state index >= 15 is 0 Å². The fourth-order valence-corrected chi connectivity index (χ4v) is 1.62. The van der Waals surface area contributed by atoms with Gasteiger partial charge in [0.25, 0.3) is 0 Å². The van der Waals surface area contributed by atoms with Crippen molar-refractivity contribution in [2.75, 3.05) is 0 Å². The van der Waals surface area contributed by atoms with E-state index in [1.54, 1.807) is 0 Å². The van der Waals surface area contributed by atoms with E-state index in [0.717, 1.165) is 0 Å². The summed E-state index contributed by atoms with van der Waals surface area (Å²) >= 11 is 0. The smallest absolute Gasteiger partial charge is 0.331 e. The summed E-state index contributed by atoms with van der Waals surface area (Å²) in [5.41, 5.74) is 0. The molecule has 0 saturated carbocycles. The predicted octanol–water partition coefficient (Wildman–Crippen LogP) is 0.187.